The number of anilines is 1. The molecule has 150 valence electrons. The van der Waals surface area contributed by atoms with Gasteiger partial charge in [0.1, 0.15) is 6.33 Å². The van der Waals surface area contributed by atoms with Crippen molar-refractivity contribution in [1.82, 2.24) is 30.0 Å². The molecule has 0 fully saturated rings. The third-order valence-electron chi connectivity index (χ3n) is 4.60. The van der Waals surface area contributed by atoms with Crippen LogP contribution in [0.25, 0.3) is 5.95 Å². The molecule has 3 aromatic rings. The lowest BCUT2D eigenvalue weighted by Crippen LogP contribution is -2.41. The first kappa shape index (κ1) is 18.8. The van der Waals surface area contributed by atoms with Crippen molar-refractivity contribution in [2.45, 2.75) is 25.6 Å². The van der Waals surface area contributed by atoms with E-state index in [9.17, 15) is 18.0 Å². The standard InChI is InChI=1S/C18H16F3N7O/c1-11(15-24-10-25-28(15)16-22-6-2-7-23-16)26-17(29)27-8-5-12-3-4-13(9-14(12)27)18(19,20)21/h2-4,6-7,9-11H,5,8H2,1H3,(H,26,29). The molecule has 0 radical (unpaired) electrons. The molecule has 0 aliphatic carbocycles. The Morgan fingerprint density at radius 1 is 1.21 bits per heavy atom. The minimum Gasteiger partial charge on any atom is -0.328 e. The van der Waals surface area contributed by atoms with Crippen molar-refractivity contribution >= 4 is 11.7 Å². The number of carbonyl (C=O) groups excluding carboxylic acids is 1. The largest absolute Gasteiger partial charge is 0.416 e. The van der Waals surface area contributed by atoms with Gasteiger partial charge in [0, 0.05) is 24.6 Å². The average Bonchev–Trinajstić information content (AvgIpc) is 3.34. The van der Waals surface area contributed by atoms with E-state index in [2.05, 4.69) is 25.4 Å². The normalized spacial score (nSPS) is 14.6. The van der Waals surface area contributed by atoms with E-state index in [1.807, 2.05) is 0 Å². The van der Waals surface area contributed by atoms with E-state index in [1.54, 1.807) is 25.4 Å². The van der Waals surface area contributed by atoms with Crippen molar-refractivity contribution in [3.8, 4) is 5.95 Å². The lowest BCUT2D eigenvalue weighted by Gasteiger charge is -2.22. The molecule has 1 aromatic carbocycles. The quantitative estimate of drug-likeness (QED) is 0.727. The molecule has 0 bridgehead atoms. The van der Waals surface area contributed by atoms with E-state index in [0.717, 1.165) is 12.1 Å². The van der Waals surface area contributed by atoms with Crippen LogP contribution >= 0.6 is 0 Å². The van der Waals surface area contributed by atoms with E-state index in [0.29, 0.717) is 30.3 Å². The van der Waals surface area contributed by atoms with Gasteiger partial charge in [0.15, 0.2) is 5.82 Å². The molecule has 0 saturated carbocycles. The summed E-state index contributed by atoms with van der Waals surface area (Å²) < 4.78 is 40.5. The summed E-state index contributed by atoms with van der Waals surface area (Å²) in [6.07, 6.45) is 0.435. The van der Waals surface area contributed by atoms with E-state index < -0.39 is 23.8 Å². The monoisotopic (exact) mass is 403 g/mol. The SMILES string of the molecule is CC(NC(=O)N1CCc2ccc(C(F)(F)F)cc21)c1ncnn1-c1ncccn1. The van der Waals surface area contributed by atoms with Crippen LogP contribution in [0.5, 0.6) is 0 Å². The first-order valence-corrected chi connectivity index (χ1v) is 8.80. The van der Waals surface area contributed by atoms with Crippen LogP contribution in [-0.4, -0.2) is 37.3 Å². The highest BCUT2D eigenvalue weighted by Gasteiger charge is 2.34. The van der Waals surface area contributed by atoms with Crippen LogP contribution in [-0.2, 0) is 12.6 Å². The average molecular weight is 403 g/mol. The molecule has 1 N–H and O–H groups in total. The number of benzene rings is 1. The highest BCUT2D eigenvalue weighted by molar-refractivity contribution is 5.94. The van der Waals surface area contributed by atoms with Crippen LogP contribution < -0.4 is 10.2 Å². The van der Waals surface area contributed by atoms with E-state index in [-0.39, 0.29) is 5.69 Å². The van der Waals surface area contributed by atoms with Gasteiger partial charge in [0.05, 0.1) is 11.6 Å². The Hall–Kier alpha value is -3.50. The third-order valence-corrected chi connectivity index (χ3v) is 4.60. The molecule has 4 rings (SSSR count). The number of fused-ring (bicyclic) bond motifs is 1. The third kappa shape index (κ3) is 3.62. The van der Waals surface area contributed by atoms with Gasteiger partial charge in [-0.05, 0) is 37.1 Å². The summed E-state index contributed by atoms with van der Waals surface area (Å²) in [5.74, 6) is 0.690. The van der Waals surface area contributed by atoms with Gasteiger partial charge in [-0.3, -0.25) is 4.90 Å². The zero-order valence-electron chi connectivity index (χ0n) is 15.3. The van der Waals surface area contributed by atoms with Gasteiger partial charge < -0.3 is 5.32 Å². The van der Waals surface area contributed by atoms with E-state index >= 15 is 0 Å². The predicted octanol–water partition coefficient (Wildman–Crippen LogP) is 2.91. The van der Waals surface area contributed by atoms with E-state index in [1.165, 1.54) is 22.0 Å². The highest BCUT2D eigenvalue weighted by Crippen LogP contribution is 2.36. The second-order valence-electron chi connectivity index (χ2n) is 6.49. The summed E-state index contributed by atoms with van der Waals surface area (Å²) in [4.78, 5) is 26.4. The summed E-state index contributed by atoms with van der Waals surface area (Å²) in [6, 6.07) is 4.02. The van der Waals surface area contributed by atoms with Gasteiger partial charge in [-0.15, -0.1) is 0 Å². The number of rotatable bonds is 3. The number of urea groups is 1. The van der Waals surface area contributed by atoms with Crippen molar-refractivity contribution in [1.29, 1.82) is 0 Å². The fourth-order valence-corrected chi connectivity index (χ4v) is 3.19. The Morgan fingerprint density at radius 3 is 2.69 bits per heavy atom. The molecule has 3 heterocycles. The smallest absolute Gasteiger partial charge is 0.328 e. The molecule has 2 amide bonds. The first-order chi connectivity index (χ1) is 13.8. The van der Waals surface area contributed by atoms with Gasteiger partial charge in [-0.25, -0.2) is 19.7 Å². The molecule has 0 saturated heterocycles. The fraction of sp³-hybridized carbons (Fsp3) is 0.278. The maximum atomic E-state index is 13.0. The van der Waals surface area contributed by atoms with Crippen molar-refractivity contribution < 1.29 is 18.0 Å². The van der Waals surface area contributed by atoms with Crippen LogP contribution in [0.4, 0.5) is 23.7 Å². The number of hydrogen-bond acceptors (Lipinski definition) is 5. The van der Waals surface area contributed by atoms with E-state index in [4.69, 9.17) is 0 Å². The number of alkyl halides is 3. The second-order valence-corrected chi connectivity index (χ2v) is 6.49. The van der Waals surface area contributed by atoms with Crippen molar-refractivity contribution in [2.24, 2.45) is 0 Å². The van der Waals surface area contributed by atoms with Gasteiger partial charge >= 0.3 is 12.2 Å². The van der Waals surface area contributed by atoms with Crippen molar-refractivity contribution in [3.63, 3.8) is 0 Å². The number of aromatic nitrogens is 5. The molecule has 11 heteroatoms. The van der Waals surface area contributed by atoms with Crippen LogP contribution in [0.1, 0.15) is 29.9 Å². The maximum absolute atomic E-state index is 13.0. The number of hydrogen-bond donors (Lipinski definition) is 1. The Kier molecular flexibility index (Phi) is 4.65. The lowest BCUT2D eigenvalue weighted by atomic mass is 10.1. The molecule has 29 heavy (non-hydrogen) atoms. The lowest BCUT2D eigenvalue weighted by molar-refractivity contribution is -0.137. The molecule has 1 atom stereocenters. The topological polar surface area (TPSA) is 88.8 Å². The van der Waals surface area contributed by atoms with Gasteiger partial charge in [-0.1, -0.05) is 6.07 Å². The van der Waals surface area contributed by atoms with Gasteiger partial charge in [-0.2, -0.15) is 23.0 Å². The summed E-state index contributed by atoms with van der Waals surface area (Å²) in [5, 5.41) is 6.84. The Labute approximate surface area is 163 Å². The first-order valence-electron chi connectivity index (χ1n) is 8.80. The highest BCUT2D eigenvalue weighted by atomic mass is 19.4. The minimum absolute atomic E-state index is 0.261. The van der Waals surface area contributed by atoms with Crippen LogP contribution in [0.2, 0.25) is 0 Å². The van der Waals surface area contributed by atoms with Crippen LogP contribution in [0.15, 0.2) is 43.0 Å². The number of halogens is 3. The Bertz CT molecular complexity index is 1040. The molecule has 1 unspecified atom stereocenters. The summed E-state index contributed by atoms with van der Waals surface area (Å²) in [5.41, 5.74) is 0.170. The number of nitrogens with zero attached hydrogens (tertiary/aromatic N) is 6. The number of carbonyl (C=O) groups is 1. The molecular formula is C18H16F3N7O. The van der Waals surface area contributed by atoms with Crippen molar-refractivity contribution in [2.75, 3.05) is 11.4 Å². The molecule has 1 aliphatic rings. The zero-order valence-corrected chi connectivity index (χ0v) is 15.3. The molecular weight excluding hydrogens is 387 g/mol. The van der Waals surface area contributed by atoms with Crippen molar-refractivity contribution in [3.05, 3.63) is 59.9 Å². The number of nitrogens with one attached hydrogen (secondary N) is 1. The van der Waals surface area contributed by atoms with Gasteiger partial charge in [0.25, 0.3) is 5.95 Å². The summed E-state index contributed by atoms with van der Waals surface area (Å²) in [7, 11) is 0. The van der Waals surface area contributed by atoms with Gasteiger partial charge in [0.2, 0.25) is 0 Å². The Morgan fingerprint density at radius 2 is 1.97 bits per heavy atom. The molecule has 1 aliphatic heterocycles. The summed E-state index contributed by atoms with van der Waals surface area (Å²) in [6.45, 7) is 1.99. The number of amides is 2. The Balaban J connectivity index is 1.54. The molecule has 0 spiro atoms. The second kappa shape index (κ2) is 7.15. The molecule has 8 nitrogen and oxygen atoms in total. The van der Waals surface area contributed by atoms with Crippen LogP contribution in [0.3, 0.4) is 0 Å². The fourth-order valence-electron chi connectivity index (χ4n) is 3.19. The maximum Gasteiger partial charge on any atom is 0.416 e. The molecule has 2 aromatic heterocycles. The zero-order chi connectivity index (χ0) is 20.6. The minimum atomic E-state index is -4.47. The van der Waals surface area contributed by atoms with Crippen LogP contribution in [0, 0.1) is 0 Å². The summed E-state index contributed by atoms with van der Waals surface area (Å²) >= 11 is 0. The predicted molar refractivity (Wildman–Crippen MR) is 96.4 cm³/mol.